The van der Waals surface area contributed by atoms with E-state index in [1.807, 2.05) is 0 Å². The zero-order chi connectivity index (χ0) is 6.97. The molecule has 1 aliphatic rings. The molecule has 0 saturated carbocycles. The molecule has 0 aromatic carbocycles. The Morgan fingerprint density at radius 2 is 2.40 bits per heavy atom. The quantitative estimate of drug-likeness (QED) is 0.580. The van der Waals surface area contributed by atoms with Crippen LogP contribution in [-0.4, -0.2) is 10.9 Å². The van der Waals surface area contributed by atoms with Gasteiger partial charge in [0.25, 0.3) is 0 Å². The van der Waals surface area contributed by atoms with Crippen LogP contribution < -0.4 is 5.32 Å². The van der Waals surface area contributed by atoms with Crippen LogP contribution >= 0.6 is 23.8 Å². The van der Waals surface area contributed by atoms with Gasteiger partial charge in [0.2, 0.25) is 0 Å². The molecule has 54 valence electrons. The number of aromatic nitrogens is 1. The summed E-state index contributed by atoms with van der Waals surface area (Å²) in [5.41, 5.74) is 1.31. The van der Waals surface area contributed by atoms with E-state index < -0.39 is 0 Å². The van der Waals surface area contributed by atoms with Crippen molar-refractivity contribution in [3.8, 4) is 0 Å². The average molecular weight is 172 g/mol. The van der Waals surface area contributed by atoms with E-state index in [0.717, 1.165) is 24.2 Å². The average Bonchev–Trinajstić information content (AvgIpc) is 2.34. The van der Waals surface area contributed by atoms with Gasteiger partial charge < -0.3 is 9.69 Å². The lowest BCUT2D eigenvalue weighted by molar-refractivity contribution is 0.651. The second kappa shape index (κ2) is 2.45. The number of hydrogen-bond donors (Lipinski definition) is 2. The zero-order valence-electron chi connectivity index (χ0n) is 5.44. The van der Waals surface area contributed by atoms with Gasteiger partial charge in [-0.05, 0) is 6.42 Å². The summed E-state index contributed by atoms with van der Waals surface area (Å²) in [7, 11) is 0. The fourth-order valence-corrected chi connectivity index (χ4v) is 2.38. The molecule has 2 rings (SSSR count). The van der Waals surface area contributed by atoms with Gasteiger partial charge in [0.1, 0.15) is 4.64 Å². The van der Waals surface area contributed by atoms with Crippen LogP contribution in [0, 0.1) is 4.64 Å². The molecule has 0 saturated heterocycles. The maximum atomic E-state index is 5.09. The second-order valence-electron chi connectivity index (χ2n) is 2.36. The second-order valence-corrected chi connectivity index (χ2v) is 3.67. The molecular weight excluding hydrogens is 164 g/mol. The van der Waals surface area contributed by atoms with Crippen LogP contribution in [0.5, 0.6) is 0 Å². The predicted octanol–water partition coefficient (Wildman–Crippen LogP) is 1.45. The maximum absolute atomic E-state index is 5.09. The Labute approximate surface area is 68.4 Å². The SMILES string of the molecule is S=c1[nH]sc2c1CNCC2. The monoisotopic (exact) mass is 172 g/mol. The first-order valence-corrected chi connectivity index (χ1v) is 4.50. The first kappa shape index (κ1) is 6.52. The van der Waals surface area contributed by atoms with E-state index >= 15 is 0 Å². The van der Waals surface area contributed by atoms with Crippen molar-refractivity contribution in [2.75, 3.05) is 6.54 Å². The van der Waals surface area contributed by atoms with Crippen molar-refractivity contribution in [3.05, 3.63) is 15.1 Å². The third-order valence-electron chi connectivity index (χ3n) is 1.71. The van der Waals surface area contributed by atoms with Crippen molar-refractivity contribution in [1.82, 2.24) is 9.69 Å². The highest BCUT2D eigenvalue weighted by Crippen LogP contribution is 2.18. The van der Waals surface area contributed by atoms with Crippen LogP contribution in [0.25, 0.3) is 0 Å². The summed E-state index contributed by atoms with van der Waals surface area (Å²) in [6.07, 6.45) is 1.13. The number of hydrogen-bond acceptors (Lipinski definition) is 3. The van der Waals surface area contributed by atoms with E-state index in [-0.39, 0.29) is 0 Å². The topological polar surface area (TPSA) is 27.8 Å². The summed E-state index contributed by atoms with van der Waals surface area (Å²) in [6.45, 7) is 2.05. The smallest absolute Gasteiger partial charge is 0.118 e. The van der Waals surface area contributed by atoms with E-state index in [1.165, 1.54) is 10.4 Å². The minimum atomic E-state index is 0.923. The minimum absolute atomic E-state index is 0.923. The van der Waals surface area contributed by atoms with Crippen molar-refractivity contribution in [1.29, 1.82) is 0 Å². The molecule has 0 unspecified atom stereocenters. The Balaban J connectivity index is 2.55. The van der Waals surface area contributed by atoms with Crippen molar-refractivity contribution in [2.45, 2.75) is 13.0 Å². The van der Waals surface area contributed by atoms with Crippen LogP contribution in [0.1, 0.15) is 10.4 Å². The highest BCUT2D eigenvalue weighted by molar-refractivity contribution is 7.71. The molecule has 1 aromatic rings. The number of H-pyrrole nitrogens is 1. The zero-order valence-corrected chi connectivity index (χ0v) is 7.07. The number of aromatic amines is 1. The van der Waals surface area contributed by atoms with Crippen molar-refractivity contribution >= 4 is 23.8 Å². The van der Waals surface area contributed by atoms with Crippen LogP contribution in [0.15, 0.2) is 0 Å². The highest BCUT2D eigenvalue weighted by Gasteiger charge is 2.11. The highest BCUT2D eigenvalue weighted by atomic mass is 32.1. The molecule has 0 bridgehead atoms. The molecule has 0 aliphatic carbocycles. The lowest BCUT2D eigenvalue weighted by Crippen LogP contribution is -2.22. The number of fused-ring (bicyclic) bond motifs is 1. The van der Waals surface area contributed by atoms with Gasteiger partial charge >= 0.3 is 0 Å². The molecule has 1 aromatic heterocycles. The normalized spacial score (nSPS) is 16.8. The number of rotatable bonds is 0. The Bertz CT molecular complexity index is 286. The van der Waals surface area contributed by atoms with Gasteiger partial charge in [0.15, 0.2) is 0 Å². The summed E-state index contributed by atoms with van der Waals surface area (Å²) in [4.78, 5) is 1.43. The summed E-state index contributed by atoms with van der Waals surface area (Å²) in [5.74, 6) is 0. The van der Waals surface area contributed by atoms with Gasteiger partial charge in [-0.2, -0.15) is 0 Å². The predicted molar refractivity (Wildman–Crippen MR) is 44.9 cm³/mol. The standard InChI is InChI=1S/C6H8N2S2/c9-6-4-3-7-2-1-5(4)10-8-6/h7H,1-3H2,(H,8,9). The molecule has 2 heterocycles. The van der Waals surface area contributed by atoms with Gasteiger partial charge in [-0.3, -0.25) is 0 Å². The molecular formula is C6H8N2S2. The van der Waals surface area contributed by atoms with E-state index in [9.17, 15) is 0 Å². The molecule has 0 amide bonds. The molecule has 2 nitrogen and oxygen atoms in total. The van der Waals surface area contributed by atoms with Crippen LogP contribution in [0.4, 0.5) is 0 Å². The van der Waals surface area contributed by atoms with E-state index in [1.54, 1.807) is 11.5 Å². The summed E-state index contributed by atoms with van der Waals surface area (Å²) in [5, 5.41) is 3.29. The van der Waals surface area contributed by atoms with Gasteiger partial charge in [-0.1, -0.05) is 23.8 Å². The fraction of sp³-hybridized carbons (Fsp3) is 0.500. The maximum Gasteiger partial charge on any atom is 0.118 e. The molecule has 4 heteroatoms. The molecule has 1 aliphatic heterocycles. The first-order valence-electron chi connectivity index (χ1n) is 3.28. The van der Waals surface area contributed by atoms with Crippen molar-refractivity contribution in [3.63, 3.8) is 0 Å². The molecule has 0 fully saturated rings. The molecule has 0 atom stereocenters. The third-order valence-corrected chi connectivity index (χ3v) is 3.19. The first-order chi connectivity index (χ1) is 4.88. The van der Waals surface area contributed by atoms with Gasteiger partial charge in [-0.25, -0.2) is 0 Å². The largest absolute Gasteiger partial charge is 0.312 e. The van der Waals surface area contributed by atoms with E-state index in [0.29, 0.717) is 0 Å². The van der Waals surface area contributed by atoms with E-state index in [2.05, 4.69) is 9.69 Å². The molecule has 0 radical (unpaired) electrons. The lowest BCUT2D eigenvalue weighted by atomic mass is 10.2. The van der Waals surface area contributed by atoms with Crippen molar-refractivity contribution < 1.29 is 0 Å². The summed E-state index contributed by atoms with van der Waals surface area (Å²) < 4.78 is 4.02. The van der Waals surface area contributed by atoms with Gasteiger partial charge in [0.05, 0.1) is 0 Å². The van der Waals surface area contributed by atoms with Crippen LogP contribution in [0.2, 0.25) is 0 Å². The van der Waals surface area contributed by atoms with Gasteiger partial charge in [0, 0.05) is 23.5 Å². The Morgan fingerprint density at radius 3 is 3.20 bits per heavy atom. The minimum Gasteiger partial charge on any atom is -0.312 e. The third kappa shape index (κ3) is 0.923. The lowest BCUT2D eigenvalue weighted by Gasteiger charge is -2.10. The number of nitrogens with one attached hydrogen (secondary N) is 2. The Kier molecular flexibility index (Phi) is 1.60. The fourth-order valence-electron chi connectivity index (χ4n) is 1.15. The summed E-state index contributed by atoms with van der Waals surface area (Å²) in [6, 6.07) is 0. The summed E-state index contributed by atoms with van der Waals surface area (Å²) >= 11 is 6.77. The van der Waals surface area contributed by atoms with E-state index in [4.69, 9.17) is 12.2 Å². The molecule has 2 N–H and O–H groups in total. The molecule has 0 spiro atoms. The van der Waals surface area contributed by atoms with Gasteiger partial charge in [-0.15, -0.1) is 0 Å². The Hall–Kier alpha value is -0.190. The van der Waals surface area contributed by atoms with Crippen LogP contribution in [-0.2, 0) is 13.0 Å². The molecule has 10 heavy (non-hydrogen) atoms. The van der Waals surface area contributed by atoms with Crippen molar-refractivity contribution in [2.24, 2.45) is 0 Å². The Morgan fingerprint density at radius 1 is 1.50 bits per heavy atom. The van der Waals surface area contributed by atoms with Crippen LogP contribution in [0.3, 0.4) is 0 Å².